The van der Waals surface area contributed by atoms with E-state index in [1.807, 2.05) is 6.07 Å². The van der Waals surface area contributed by atoms with E-state index in [9.17, 15) is 0 Å². The Bertz CT molecular complexity index is 148. The van der Waals surface area contributed by atoms with E-state index < -0.39 is 0 Å². The zero-order valence-corrected chi connectivity index (χ0v) is 5.72. The zero-order chi connectivity index (χ0) is 7.11. The predicted octanol–water partition coefficient (Wildman–Crippen LogP) is 2.42. The van der Waals surface area contributed by atoms with Crippen molar-refractivity contribution in [3.8, 4) is 6.07 Å². The van der Waals surface area contributed by atoms with Crippen LogP contribution >= 0.6 is 0 Å². The van der Waals surface area contributed by atoms with Crippen LogP contribution in [0.5, 0.6) is 0 Å². The minimum absolute atomic E-state index is 0.955. The van der Waals surface area contributed by atoms with Crippen molar-refractivity contribution in [1.29, 1.82) is 5.26 Å². The van der Waals surface area contributed by atoms with Crippen molar-refractivity contribution < 1.29 is 0 Å². The number of rotatable bonds is 3. The molecule has 0 spiro atoms. The van der Waals surface area contributed by atoms with Gasteiger partial charge in [-0.15, -0.1) is 0 Å². The molecular weight excluding hydrogens is 110 g/mol. The van der Waals surface area contributed by atoms with Crippen molar-refractivity contribution in [3.63, 3.8) is 0 Å². The molecule has 1 heteroatoms. The highest BCUT2D eigenvalue weighted by atomic mass is 14.2. The van der Waals surface area contributed by atoms with Crippen molar-refractivity contribution >= 4 is 0 Å². The van der Waals surface area contributed by atoms with Gasteiger partial charge in [-0.2, -0.15) is 5.26 Å². The maximum atomic E-state index is 8.22. The largest absolute Gasteiger partial charge is 0.193 e. The molecule has 0 aromatic carbocycles. The van der Waals surface area contributed by atoms with Gasteiger partial charge in [0.25, 0.3) is 0 Å². The van der Waals surface area contributed by atoms with Crippen LogP contribution in [-0.4, -0.2) is 0 Å². The molecular formula is C8H11N. The first-order valence-corrected chi connectivity index (χ1v) is 3.06. The molecule has 0 saturated carbocycles. The maximum absolute atomic E-state index is 8.22. The summed E-state index contributed by atoms with van der Waals surface area (Å²) < 4.78 is 0. The Morgan fingerprint density at radius 1 is 1.78 bits per heavy atom. The highest BCUT2D eigenvalue weighted by Crippen LogP contribution is 2.03. The summed E-state index contributed by atoms with van der Waals surface area (Å²) in [5, 5.41) is 8.22. The smallest absolute Gasteiger partial charge is 0.0914 e. The second-order valence-electron chi connectivity index (χ2n) is 1.80. The number of nitriles is 1. The van der Waals surface area contributed by atoms with Crippen LogP contribution in [0.25, 0.3) is 0 Å². The second-order valence-corrected chi connectivity index (χ2v) is 1.80. The third kappa shape index (κ3) is 3.54. The molecule has 0 bridgehead atoms. The lowest BCUT2D eigenvalue weighted by atomic mass is 10.1. The highest BCUT2D eigenvalue weighted by molar-refractivity contribution is 5.22. The predicted molar refractivity (Wildman–Crippen MR) is 38.8 cm³/mol. The molecule has 0 aromatic heterocycles. The van der Waals surface area contributed by atoms with Gasteiger partial charge in [-0.3, -0.25) is 0 Å². The van der Waals surface area contributed by atoms with E-state index in [4.69, 9.17) is 5.26 Å². The van der Waals surface area contributed by atoms with Crippen molar-refractivity contribution in [2.24, 2.45) is 0 Å². The molecule has 0 N–H and O–H groups in total. The van der Waals surface area contributed by atoms with Crippen LogP contribution in [0.2, 0.25) is 0 Å². The van der Waals surface area contributed by atoms with Crippen molar-refractivity contribution in [3.05, 3.63) is 24.3 Å². The minimum atomic E-state index is 0.955. The van der Waals surface area contributed by atoms with Crippen molar-refractivity contribution in [2.45, 2.75) is 19.8 Å². The molecule has 1 nitrogen and oxygen atoms in total. The topological polar surface area (TPSA) is 23.8 Å². The van der Waals surface area contributed by atoms with Gasteiger partial charge in [-0.05, 0) is 12.0 Å². The standard InChI is InChI=1S/C8H11N/c1-3-5-8(4-2)6-7-9/h4,6H,2-3,5H2,1H3/b8-6+. The number of hydrogen-bond donors (Lipinski definition) is 0. The molecule has 0 aromatic rings. The van der Waals surface area contributed by atoms with Crippen LogP contribution in [0.3, 0.4) is 0 Å². The molecule has 48 valence electrons. The fourth-order valence-corrected chi connectivity index (χ4v) is 0.605. The summed E-state index contributed by atoms with van der Waals surface area (Å²) in [7, 11) is 0. The Morgan fingerprint density at radius 2 is 2.44 bits per heavy atom. The summed E-state index contributed by atoms with van der Waals surface area (Å²) in [6.07, 6.45) is 5.29. The average molecular weight is 121 g/mol. The van der Waals surface area contributed by atoms with Gasteiger partial charge < -0.3 is 0 Å². The molecule has 0 radical (unpaired) electrons. The van der Waals surface area contributed by atoms with Crippen LogP contribution in [0.1, 0.15) is 19.8 Å². The summed E-state index contributed by atoms with van der Waals surface area (Å²) in [5.41, 5.74) is 1.03. The molecule has 0 rings (SSSR count). The monoisotopic (exact) mass is 121 g/mol. The first-order valence-electron chi connectivity index (χ1n) is 3.06. The molecule has 0 heterocycles. The molecule has 0 atom stereocenters. The van der Waals surface area contributed by atoms with E-state index in [-0.39, 0.29) is 0 Å². The van der Waals surface area contributed by atoms with Crippen LogP contribution < -0.4 is 0 Å². The first kappa shape index (κ1) is 7.97. The lowest BCUT2D eigenvalue weighted by molar-refractivity contribution is 0.927. The maximum Gasteiger partial charge on any atom is 0.0914 e. The summed E-state index contributed by atoms with van der Waals surface area (Å²) in [6.45, 7) is 5.66. The molecule has 0 fully saturated rings. The number of allylic oxidation sites excluding steroid dienone is 3. The Kier molecular flexibility index (Phi) is 4.53. The Morgan fingerprint density at radius 3 is 2.78 bits per heavy atom. The molecule has 0 aliphatic carbocycles. The van der Waals surface area contributed by atoms with Gasteiger partial charge in [-0.25, -0.2) is 0 Å². The van der Waals surface area contributed by atoms with Gasteiger partial charge in [0.05, 0.1) is 6.07 Å². The molecule has 9 heavy (non-hydrogen) atoms. The van der Waals surface area contributed by atoms with Gasteiger partial charge in [0, 0.05) is 6.08 Å². The Labute approximate surface area is 56.3 Å². The third-order valence-corrected chi connectivity index (χ3v) is 1.05. The van der Waals surface area contributed by atoms with E-state index in [2.05, 4.69) is 13.5 Å². The summed E-state index contributed by atoms with van der Waals surface area (Å²) in [5.74, 6) is 0. The van der Waals surface area contributed by atoms with E-state index in [0.717, 1.165) is 18.4 Å². The molecule has 0 aliphatic rings. The fraction of sp³-hybridized carbons (Fsp3) is 0.375. The summed E-state index contributed by atoms with van der Waals surface area (Å²) in [4.78, 5) is 0. The second kappa shape index (κ2) is 5.11. The Balaban J connectivity index is 3.85. The average Bonchev–Trinajstić information content (AvgIpc) is 1.88. The Hall–Kier alpha value is -1.03. The van der Waals surface area contributed by atoms with Gasteiger partial charge in [0.2, 0.25) is 0 Å². The fourth-order valence-electron chi connectivity index (χ4n) is 0.605. The number of nitrogens with zero attached hydrogens (tertiary/aromatic N) is 1. The molecule has 0 unspecified atom stereocenters. The molecule has 0 aliphatic heterocycles. The quantitative estimate of drug-likeness (QED) is 0.415. The summed E-state index contributed by atoms with van der Waals surface area (Å²) >= 11 is 0. The van der Waals surface area contributed by atoms with Crippen LogP contribution in [0.15, 0.2) is 24.3 Å². The van der Waals surface area contributed by atoms with Gasteiger partial charge in [0.15, 0.2) is 0 Å². The molecule has 0 amide bonds. The minimum Gasteiger partial charge on any atom is -0.193 e. The van der Waals surface area contributed by atoms with Crippen LogP contribution in [-0.2, 0) is 0 Å². The van der Waals surface area contributed by atoms with Gasteiger partial charge in [0.1, 0.15) is 0 Å². The highest BCUT2D eigenvalue weighted by Gasteiger charge is 1.85. The summed E-state index contributed by atoms with van der Waals surface area (Å²) in [6, 6.07) is 1.97. The molecule has 0 saturated heterocycles. The van der Waals surface area contributed by atoms with Crippen molar-refractivity contribution in [1.82, 2.24) is 0 Å². The SMILES string of the molecule is C=C/C(=C\C#N)CCC. The van der Waals surface area contributed by atoms with Crippen LogP contribution in [0.4, 0.5) is 0 Å². The van der Waals surface area contributed by atoms with Crippen molar-refractivity contribution in [2.75, 3.05) is 0 Å². The van der Waals surface area contributed by atoms with E-state index in [0.29, 0.717) is 0 Å². The lowest BCUT2D eigenvalue weighted by Crippen LogP contribution is -1.74. The zero-order valence-electron chi connectivity index (χ0n) is 5.72. The first-order chi connectivity index (χ1) is 4.35. The van der Waals surface area contributed by atoms with E-state index in [1.54, 1.807) is 6.08 Å². The van der Waals surface area contributed by atoms with Gasteiger partial charge in [-0.1, -0.05) is 26.0 Å². The van der Waals surface area contributed by atoms with Gasteiger partial charge >= 0.3 is 0 Å². The van der Waals surface area contributed by atoms with E-state index >= 15 is 0 Å². The third-order valence-electron chi connectivity index (χ3n) is 1.05. The lowest BCUT2D eigenvalue weighted by Gasteiger charge is -1.92. The normalized spacial score (nSPS) is 10.4. The van der Waals surface area contributed by atoms with E-state index in [1.165, 1.54) is 6.08 Å². The number of hydrogen-bond acceptors (Lipinski definition) is 1. The van der Waals surface area contributed by atoms with Crippen LogP contribution in [0, 0.1) is 11.3 Å².